The van der Waals surface area contributed by atoms with Crippen LogP contribution in [-0.2, 0) is 19.6 Å². The van der Waals surface area contributed by atoms with Crippen molar-refractivity contribution in [3.63, 3.8) is 0 Å². The summed E-state index contributed by atoms with van der Waals surface area (Å²) < 4.78 is 25.8. The van der Waals surface area contributed by atoms with Crippen LogP contribution in [0, 0.1) is 6.92 Å². The van der Waals surface area contributed by atoms with E-state index in [2.05, 4.69) is 5.32 Å². The molecule has 2 N–H and O–H groups in total. The molecule has 26 heavy (non-hydrogen) atoms. The highest BCUT2D eigenvalue weighted by Gasteiger charge is 2.29. The zero-order valence-corrected chi connectivity index (χ0v) is 16.0. The molecular weight excluding hydrogens is 358 g/mol. The fraction of sp³-hybridized carbons (Fsp3) is 0.529. The van der Waals surface area contributed by atoms with Gasteiger partial charge in [-0.2, -0.15) is 0 Å². The molecule has 0 saturated carbocycles. The lowest BCUT2D eigenvalue weighted by atomic mass is 10.0. The van der Waals surface area contributed by atoms with E-state index < -0.39 is 22.0 Å². The number of nitrogens with one attached hydrogen (secondary N) is 1. The van der Waals surface area contributed by atoms with E-state index in [4.69, 9.17) is 0 Å². The van der Waals surface area contributed by atoms with Gasteiger partial charge in [0.15, 0.2) is 0 Å². The predicted molar refractivity (Wildman–Crippen MR) is 97.5 cm³/mol. The molecule has 0 spiro atoms. The Morgan fingerprint density at radius 3 is 2.62 bits per heavy atom. The summed E-state index contributed by atoms with van der Waals surface area (Å²) in [5.41, 5.74) is 0.948. The summed E-state index contributed by atoms with van der Waals surface area (Å²) in [5, 5.41) is 11.9. The molecule has 1 atom stereocenters. The summed E-state index contributed by atoms with van der Waals surface area (Å²) in [6, 6.07) is 4.03. The van der Waals surface area contributed by atoms with Crippen LogP contribution in [0.15, 0.2) is 23.1 Å². The van der Waals surface area contributed by atoms with E-state index in [1.807, 2.05) is 0 Å². The molecule has 1 amide bonds. The third-order valence-corrected chi connectivity index (χ3v) is 6.43. The summed E-state index contributed by atoms with van der Waals surface area (Å²) >= 11 is 0. The number of carboxylic acid groups (broad SMARTS) is 1. The Bertz CT molecular complexity index is 792. The summed E-state index contributed by atoms with van der Waals surface area (Å²) in [5.74, 6) is -1.29. The number of carboxylic acids is 1. The van der Waals surface area contributed by atoms with Crippen LogP contribution in [0.2, 0.25) is 0 Å². The van der Waals surface area contributed by atoms with Crippen molar-refractivity contribution in [2.45, 2.75) is 37.1 Å². The molecule has 1 aromatic carbocycles. The number of nitrogens with zero attached hydrogens (tertiary/aromatic N) is 2. The molecule has 1 aliphatic rings. The molecule has 144 valence electrons. The molecule has 0 aliphatic carbocycles. The SMILES string of the molecule is Cc1ccc(NC(=O)CN2CCCCC2C(=O)O)cc1S(=O)(=O)N(C)C. The Morgan fingerprint density at radius 2 is 2.00 bits per heavy atom. The number of likely N-dealkylation sites (tertiary alicyclic amines) is 1. The number of carbonyl (C=O) groups excluding carboxylic acids is 1. The largest absolute Gasteiger partial charge is 0.480 e. The van der Waals surface area contributed by atoms with Crippen molar-refractivity contribution in [2.75, 3.05) is 32.5 Å². The van der Waals surface area contributed by atoms with Crippen LogP contribution in [-0.4, -0.2) is 67.8 Å². The number of aliphatic carboxylic acids is 1. The molecule has 0 bridgehead atoms. The van der Waals surface area contributed by atoms with Crippen LogP contribution in [0.3, 0.4) is 0 Å². The van der Waals surface area contributed by atoms with Crippen molar-refractivity contribution in [3.8, 4) is 0 Å². The first kappa shape index (κ1) is 20.3. The Balaban J connectivity index is 2.13. The number of sulfonamides is 1. The minimum absolute atomic E-state index is 0.0411. The smallest absolute Gasteiger partial charge is 0.320 e. The minimum atomic E-state index is -3.62. The average molecular weight is 383 g/mol. The molecule has 9 heteroatoms. The molecular formula is C17H25N3O5S. The monoisotopic (exact) mass is 383 g/mol. The second kappa shape index (κ2) is 8.15. The van der Waals surface area contributed by atoms with Gasteiger partial charge in [-0.25, -0.2) is 12.7 Å². The second-order valence-corrected chi connectivity index (χ2v) is 8.76. The third-order valence-electron chi connectivity index (χ3n) is 4.48. The lowest BCUT2D eigenvalue weighted by Crippen LogP contribution is -2.47. The lowest BCUT2D eigenvalue weighted by Gasteiger charge is -2.32. The maximum absolute atomic E-state index is 12.4. The summed E-state index contributed by atoms with van der Waals surface area (Å²) in [6.07, 6.45) is 2.21. The number of piperidine rings is 1. The normalized spacial score (nSPS) is 18.7. The molecule has 2 rings (SSSR count). The molecule has 1 aliphatic heterocycles. The van der Waals surface area contributed by atoms with E-state index in [0.29, 0.717) is 24.2 Å². The van der Waals surface area contributed by atoms with E-state index in [1.54, 1.807) is 24.0 Å². The first-order valence-corrected chi connectivity index (χ1v) is 9.87. The van der Waals surface area contributed by atoms with Crippen LogP contribution in [0.5, 0.6) is 0 Å². The number of rotatable bonds is 6. The fourth-order valence-electron chi connectivity index (χ4n) is 3.00. The zero-order valence-electron chi connectivity index (χ0n) is 15.2. The quantitative estimate of drug-likeness (QED) is 0.762. The number of aryl methyl sites for hydroxylation is 1. The number of benzene rings is 1. The number of hydrogen-bond donors (Lipinski definition) is 2. The molecule has 1 aromatic rings. The van der Waals surface area contributed by atoms with Gasteiger partial charge in [-0.3, -0.25) is 14.5 Å². The zero-order chi connectivity index (χ0) is 19.5. The molecule has 1 heterocycles. The highest BCUT2D eigenvalue weighted by molar-refractivity contribution is 7.89. The lowest BCUT2D eigenvalue weighted by molar-refractivity contribution is -0.145. The summed E-state index contributed by atoms with van der Waals surface area (Å²) in [7, 11) is -0.725. The van der Waals surface area contributed by atoms with Gasteiger partial charge in [-0.05, 0) is 44.0 Å². The van der Waals surface area contributed by atoms with E-state index in [9.17, 15) is 23.1 Å². The number of anilines is 1. The standard InChI is InChI=1S/C17H25N3O5S/c1-12-7-8-13(10-15(12)26(24,25)19(2)3)18-16(21)11-20-9-5-4-6-14(20)17(22)23/h7-8,10,14H,4-6,9,11H2,1-3H3,(H,18,21)(H,22,23). The van der Waals surface area contributed by atoms with Crippen LogP contribution >= 0.6 is 0 Å². The molecule has 0 radical (unpaired) electrons. The van der Waals surface area contributed by atoms with Gasteiger partial charge in [0.2, 0.25) is 15.9 Å². The van der Waals surface area contributed by atoms with Gasteiger partial charge in [0.1, 0.15) is 6.04 Å². The Kier molecular flexibility index (Phi) is 6.38. The second-order valence-electron chi connectivity index (χ2n) is 6.64. The van der Waals surface area contributed by atoms with Gasteiger partial charge in [0.05, 0.1) is 11.4 Å². The first-order valence-electron chi connectivity index (χ1n) is 8.43. The van der Waals surface area contributed by atoms with Crippen molar-refractivity contribution >= 4 is 27.6 Å². The van der Waals surface area contributed by atoms with Gasteiger partial charge in [0.25, 0.3) is 0 Å². The topological polar surface area (TPSA) is 107 Å². The number of hydrogen-bond acceptors (Lipinski definition) is 5. The fourth-order valence-corrected chi connectivity index (χ4v) is 4.14. The van der Waals surface area contributed by atoms with Crippen molar-refractivity contribution in [1.29, 1.82) is 0 Å². The molecule has 1 fully saturated rings. The van der Waals surface area contributed by atoms with Crippen LogP contribution in [0.4, 0.5) is 5.69 Å². The highest BCUT2D eigenvalue weighted by atomic mass is 32.2. The van der Waals surface area contributed by atoms with Crippen LogP contribution < -0.4 is 5.32 Å². The molecule has 1 unspecified atom stereocenters. The van der Waals surface area contributed by atoms with Crippen molar-refractivity contribution in [2.24, 2.45) is 0 Å². The van der Waals surface area contributed by atoms with Crippen molar-refractivity contribution in [1.82, 2.24) is 9.21 Å². The maximum atomic E-state index is 12.4. The molecule has 1 saturated heterocycles. The first-order chi connectivity index (χ1) is 12.1. The van der Waals surface area contributed by atoms with E-state index in [1.165, 1.54) is 20.2 Å². The van der Waals surface area contributed by atoms with E-state index in [-0.39, 0.29) is 17.3 Å². The average Bonchev–Trinajstić information content (AvgIpc) is 2.56. The molecule has 8 nitrogen and oxygen atoms in total. The maximum Gasteiger partial charge on any atom is 0.320 e. The van der Waals surface area contributed by atoms with Gasteiger partial charge in [-0.15, -0.1) is 0 Å². The number of amides is 1. The van der Waals surface area contributed by atoms with Crippen molar-refractivity contribution in [3.05, 3.63) is 23.8 Å². The van der Waals surface area contributed by atoms with Crippen LogP contribution in [0.1, 0.15) is 24.8 Å². The highest BCUT2D eigenvalue weighted by Crippen LogP contribution is 2.23. The van der Waals surface area contributed by atoms with Crippen molar-refractivity contribution < 1.29 is 23.1 Å². The Hall–Kier alpha value is -1.97. The molecule has 0 aromatic heterocycles. The van der Waals surface area contributed by atoms with Gasteiger partial charge >= 0.3 is 5.97 Å². The Labute approximate surface area is 153 Å². The van der Waals surface area contributed by atoms with E-state index in [0.717, 1.165) is 17.1 Å². The summed E-state index contributed by atoms with van der Waals surface area (Å²) in [6.45, 7) is 2.20. The predicted octanol–water partition coefficient (Wildman–Crippen LogP) is 1.12. The minimum Gasteiger partial charge on any atom is -0.480 e. The van der Waals surface area contributed by atoms with Gasteiger partial charge in [-0.1, -0.05) is 12.5 Å². The van der Waals surface area contributed by atoms with Gasteiger partial charge < -0.3 is 10.4 Å². The van der Waals surface area contributed by atoms with E-state index >= 15 is 0 Å². The summed E-state index contributed by atoms with van der Waals surface area (Å²) in [4.78, 5) is 25.4. The van der Waals surface area contributed by atoms with Crippen LogP contribution in [0.25, 0.3) is 0 Å². The third kappa shape index (κ3) is 4.60. The number of carbonyl (C=O) groups is 2. The van der Waals surface area contributed by atoms with Gasteiger partial charge in [0, 0.05) is 19.8 Å². The Morgan fingerprint density at radius 1 is 1.31 bits per heavy atom.